The smallest absolute Gasteiger partial charge is 0.282 e. The molecule has 168 valence electrons. The van der Waals surface area contributed by atoms with E-state index >= 15 is 0 Å². The third-order valence-electron chi connectivity index (χ3n) is 4.92. The fraction of sp³-hybridized carbons (Fsp3) is 0.160. The van der Waals surface area contributed by atoms with E-state index in [2.05, 4.69) is 26.0 Å². The van der Waals surface area contributed by atoms with Crippen molar-refractivity contribution in [1.82, 2.24) is 9.66 Å². The van der Waals surface area contributed by atoms with Gasteiger partial charge in [-0.3, -0.25) is 4.79 Å². The predicted molar refractivity (Wildman–Crippen MR) is 130 cm³/mol. The Kier molecular flexibility index (Phi) is 6.55. The van der Waals surface area contributed by atoms with E-state index in [0.717, 1.165) is 4.47 Å². The van der Waals surface area contributed by atoms with Gasteiger partial charge in [0.25, 0.3) is 5.56 Å². The summed E-state index contributed by atoms with van der Waals surface area (Å²) in [4.78, 5) is 17.8. The average molecular weight is 510 g/mol. The van der Waals surface area contributed by atoms with Crippen LogP contribution in [0.4, 0.5) is 4.39 Å². The van der Waals surface area contributed by atoms with E-state index in [-0.39, 0.29) is 23.0 Å². The normalized spacial score (nSPS) is 11.5. The van der Waals surface area contributed by atoms with Gasteiger partial charge in [0.2, 0.25) is 0 Å². The fourth-order valence-electron chi connectivity index (χ4n) is 3.29. The van der Waals surface area contributed by atoms with Crippen LogP contribution in [0.1, 0.15) is 31.2 Å². The number of fused-ring (bicyclic) bond motifs is 1. The van der Waals surface area contributed by atoms with Gasteiger partial charge < -0.3 is 9.47 Å². The zero-order chi connectivity index (χ0) is 23.5. The molecule has 0 fully saturated rings. The van der Waals surface area contributed by atoms with Gasteiger partial charge in [-0.15, -0.1) is 0 Å². The number of nitrogens with zero attached hydrogens (tertiary/aromatic N) is 3. The standard InChI is InChI=1S/C25H21BrFN3O3/c1-15(2)24-29-21-10-9-17(26)12-19(21)25(31)30(24)28-14-16-11-23(20(27)13-22(16)32-3)33-18-7-5-4-6-8-18/h4-15H,1-3H3. The third kappa shape index (κ3) is 4.80. The molecule has 4 rings (SSSR count). The summed E-state index contributed by atoms with van der Waals surface area (Å²) in [6.07, 6.45) is 1.44. The van der Waals surface area contributed by atoms with E-state index in [1.807, 2.05) is 26.0 Å². The van der Waals surface area contributed by atoms with E-state index in [9.17, 15) is 9.18 Å². The first kappa shape index (κ1) is 22.7. The molecule has 1 aromatic heterocycles. The summed E-state index contributed by atoms with van der Waals surface area (Å²) in [5.74, 6) is 0.632. The maximum atomic E-state index is 14.6. The van der Waals surface area contributed by atoms with Gasteiger partial charge in [0.15, 0.2) is 11.6 Å². The molecule has 0 bridgehead atoms. The van der Waals surface area contributed by atoms with Crippen molar-refractivity contribution in [2.24, 2.45) is 5.10 Å². The van der Waals surface area contributed by atoms with Crippen molar-refractivity contribution >= 4 is 33.0 Å². The molecule has 0 atom stereocenters. The van der Waals surface area contributed by atoms with Crippen molar-refractivity contribution in [3.63, 3.8) is 0 Å². The highest BCUT2D eigenvalue weighted by atomic mass is 79.9. The van der Waals surface area contributed by atoms with Crippen molar-refractivity contribution in [3.05, 3.63) is 92.7 Å². The van der Waals surface area contributed by atoms with Gasteiger partial charge in [-0.05, 0) is 36.4 Å². The first-order chi connectivity index (χ1) is 15.9. The van der Waals surface area contributed by atoms with Crippen LogP contribution < -0.4 is 15.0 Å². The van der Waals surface area contributed by atoms with Crippen molar-refractivity contribution in [2.75, 3.05) is 7.11 Å². The molecule has 0 N–H and O–H groups in total. The van der Waals surface area contributed by atoms with Crippen molar-refractivity contribution < 1.29 is 13.9 Å². The molecule has 1 heterocycles. The summed E-state index contributed by atoms with van der Waals surface area (Å²) >= 11 is 3.39. The van der Waals surface area contributed by atoms with Gasteiger partial charge in [-0.2, -0.15) is 9.78 Å². The molecule has 6 nitrogen and oxygen atoms in total. The second-order valence-corrected chi connectivity index (χ2v) is 8.50. The molecule has 4 aromatic rings. The van der Waals surface area contributed by atoms with E-state index in [4.69, 9.17) is 9.47 Å². The highest BCUT2D eigenvalue weighted by Gasteiger charge is 2.15. The Hall–Kier alpha value is -3.52. The summed E-state index contributed by atoms with van der Waals surface area (Å²) < 4.78 is 27.6. The van der Waals surface area contributed by atoms with Gasteiger partial charge in [-0.1, -0.05) is 48.0 Å². The molecule has 0 spiro atoms. The monoisotopic (exact) mass is 509 g/mol. The summed E-state index contributed by atoms with van der Waals surface area (Å²) in [5.41, 5.74) is 0.736. The van der Waals surface area contributed by atoms with Crippen molar-refractivity contribution in [3.8, 4) is 17.2 Å². The number of methoxy groups -OCH3 is 1. The molecule has 0 unspecified atom stereocenters. The molecule has 0 saturated heterocycles. The van der Waals surface area contributed by atoms with E-state index in [1.165, 1.54) is 30.1 Å². The van der Waals surface area contributed by atoms with Gasteiger partial charge in [0.05, 0.1) is 24.2 Å². The van der Waals surface area contributed by atoms with Gasteiger partial charge in [0, 0.05) is 22.0 Å². The fourth-order valence-corrected chi connectivity index (χ4v) is 3.65. The second kappa shape index (κ2) is 9.54. The van der Waals surface area contributed by atoms with E-state index in [0.29, 0.717) is 28.0 Å². The highest BCUT2D eigenvalue weighted by Crippen LogP contribution is 2.30. The number of benzene rings is 3. The highest BCUT2D eigenvalue weighted by molar-refractivity contribution is 9.10. The molecule has 33 heavy (non-hydrogen) atoms. The summed E-state index contributed by atoms with van der Waals surface area (Å²) in [6.45, 7) is 3.87. The molecule has 0 aliphatic rings. The quantitative estimate of drug-likeness (QED) is 0.294. The minimum absolute atomic E-state index is 0.0143. The predicted octanol–water partition coefficient (Wildman–Crippen LogP) is 6.10. The number of para-hydroxylation sites is 1. The Labute approximate surface area is 198 Å². The molecule has 0 aliphatic carbocycles. The van der Waals surface area contributed by atoms with Crippen LogP contribution in [0, 0.1) is 5.82 Å². The van der Waals surface area contributed by atoms with Gasteiger partial charge >= 0.3 is 0 Å². The zero-order valence-electron chi connectivity index (χ0n) is 18.3. The van der Waals surface area contributed by atoms with E-state index < -0.39 is 5.82 Å². The maximum Gasteiger partial charge on any atom is 0.282 e. The first-order valence-electron chi connectivity index (χ1n) is 10.2. The Morgan fingerprint density at radius 1 is 1.09 bits per heavy atom. The minimum atomic E-state index is -0.579. The Morgan fingerprint density at radius 2 is 1.85 bits per heavy atom. The summed E-state index contributed by atoms with van der Waals surface area (Å²) in [6, 6.07) is 16.9. The molecular formula is C25H21BrFN3O3. The average Bonchev–Trinajstić information content (AvgIpc) is 2.80. The topological polar surface area (TPSA) is 65.7 Å². The van der Waals surface area contributed by atoms with Crippen molar-refractivity contribution in [2.45, 2.75) is 19.8 Å². The Morgan fingerprint density at radius 3 is 2.55 bits per heavy atom. The lowest BCUT2D eigenvalue weighted by Gasteiger charge is -2.13. The van der Waals surface area contributed by atoms with Crippen LogP contribution in [0.2, 0.25) is 0 Å². The number of halogens is 2. The van der Waals surface area contributed by atoms with Crippen LogP contribution in [0.15, 0.2) is 75.0 Å². The van der Waals surface area contributed by atoms with Gasteiger partial charge in [-0.25, -0.2) is 9.37 Å². The molecule has 8 heteroatoms. The number of rotatable bonds is 6. The van der Waals surface area contributed by atoms with E-state index in [1.54, 1.807) is 36.4 Å². The maximum absolute atomic E-state index is 14.6. The lowest BCUT2D eigenvalue weighted by Crippen LogP contribution is -2.23. The molecule has 0 aliphatic heterocycles. The molecular weight excluding hydrogens is 489 g/mol. The molecule has 0 amide bonds. The Balaban J connectivity index is 1.81. The van der Waals surface area contributed by atoms with Crippen LogP contribution in [-0.4, -0.2) is 23.0 Å². The molecule has 0 radical (unpaired) electrons. The SMILES string of the molecule is COc1cc(F)c(Oc2ccccc2)cc1C=Nn1c(C(C)C)nc2ccc(Br)cc2c1=O. The number of hydrogen-bond acceptors (Lipinski definition) is 5. The summed E-state index contributed by atoms with van der Waals surface area (Å²) in [5, 5.41) is 4.84. The number of aromatic nitrogens is 2. The van der Waals surface area contributed by atoms with Gasteiger partial charge in [0.1, 0.15) is 17.3 Å². The molecule has 3 aromatic carbocycles. The van der Waals surface area contributed by atoms with Crippen LogP contribution in [0.5, 0.6) is 17.2 Å². The molecule has 0 saturated carbocycles. The lowest BCUT2D eigenvalue weighted by atomic mass is 10.2. The number of ether oxygens (including phenoxy) is 2. The van der Waals surface area contributed by atoms with Crippen molar-refractivity contribution in [1.29, 1.82) is 0 Å². The first-order valence-corrected chi connectivity index (χ1v) is 11.0. The van der Waals surface area contributed by atoms with Crippen LogP contribution >= 0.6 is 15.9 Å². The summed E-state index contributed by atoms with van der Waals surface area (Å²) in [7, 11) is 1.44. The zero-order valence-corrected chi connectivity index (χ0v) is 19.8. The lowest BCUT2D eigenvalue weighted by molar-refractivity contribution is 0.401. The number of hydrogen-bond donors (Lipinski definition) is 0. The van der Waals surface area contributed by atoms with Crippen LogP contribution in [0.3, 0.4) is 0 Å². The third-order valence-corrected chi connectivity index (χ3v) is 5.41. The second-order valence-electron chi connectivity index (χ2n) is 7.59. The largest absolute Gasteiger partial charge is 0.496 e. The minimum Gasteiger partial charge on any atom is -0.496 e. The van der Waals surface area contributed by atoms with Crippen LogP contribution in [0.25, 0.3) is 10.9 Å². The Bertz CT molecular complexity index is 1400. The van der Waals surface area contributed by atoms with Crippen LogP contribution in [-0.2, 0) is 0 Å².